The fourth-order valence-electron chi connectivity index (χ4n) is 2.33. The van der Waals surface area contributed by atoms with Crippen molar-refractivity contribution in [3.63, 3.8) is 0 Å². The lowest BCUT2D eigenvalue weighted by Crippen LogP contribution is -2.22. The minimum atomic E-state index is 0.223. The van der Waals surface area contributed by atoms with Crippen molar-refractivity contribution in [3.8, 4) is 0 Å². The van der Waals surface area contributed by atoms with Crippen molar-refractivity contribution in [1.82, 2.24) is 5.32 Å². The third kappa shape index (κ3) is 3.37. The summed E-state index contributed by atoms with van der Waals surface area (Å²) in [5.74, 6) is 0. The van der Waals surface area contributed by atoms with E-state index >= 15 is 0 Å². The molecule has 0 heterocycles. The van der Waals surface area contributed by atoms with Gasteiger partial charge in [-0.05, 0) is 43.1 Å². The molecule has 0 saturated carbocycles. The maximum atomic E-state index is 6.11. The molecule has 0 amide bonds. The highest BCUT2D eigenvalue weighted by Crippen LogP contribution is 2.26. The number of hydrogen-bond acceptors (Lipinski definition) is 1. The Morgan fingerprint density at radius 1 is 1.05 bits per heavy atom. The summed E-state index contributed by atoms with van der Waals surface area (Å²) in [6, 6.07) is 15.1. The largest absolute Gasteiger partial charge is 0.307 e. The second kappa shape index (κ2) is 6.23. The van der Waals surface area contributed by atoms with Gasteiger partial charge in [-0.3, -0.25) is 0 Å². The lowest BCUT2D eigenvalue weighted by molar-refractivity contribution is 0.630. The van der Waals surface area contributed by atoms with Crippen LogP contribution in [0.15, 0.2) is 42.5 Å². The van der Waals surface area contributed by atoms with Gasteiger partial charge in [0, 0.05) is 5.02 Å². The third-order valence-corrected chi connectivity index (χ3v) is 3.72. The first kappa shape index (κ1) is 14.1. The van der Waals surface area contributed by atoms with Crippen LogP contribution in [0.3, 0.4) is 0 Å². The van der Waals surface area contributed by atoms with Crippen LogP contribution in [0.25, 0.3) is 0 Å². The van der Waals surface area contributed by atoms with Crippen LogP contribution in [0.2, 0.25) is 5.02 Å². The maximum Gasteiger partial charge on any atom is 0.0576 e. The standard InChI is InChI=1S/C17H20ClN/c1-4-19-17(14-7-5-6-12(2)10-14)15-8-9-16(18)13(3)11-15/h5-11,17,19H,4H2,1-3H3. The predicted molar refractivity (Wildman–Crippen MR) is 82.9 cm³/mol. The van der Waals surface area contributed by atoms with Crippen molar-refractivity contribution < 1.29 is 0 Å². The van der Waals surface area contributed by atoms with Crippen LogP contribution in [0.1, 0.15) is 35.2 Å². The molecule has 1 nitrogen and oxygen atoms in total. The maximum absolute atomic E-state index is 6.11. The van der Waals surface area contributed by atoms with Gasteiger partial charge in [-0.25, -0.2) is 0 Å². The molecule has 0 aliphatic rings. The zero-order valence-corrected chi connectivity index (χ0v) is 12.5. The molecule has 0 aliphatic heterocycles. The first-order valence-corrected chi connectivity index (χ1v) is 7.05. The highest BCUT2D eigenvalue weighted by atomic mass is 35.5. The molecule has 0 aromatic heterocycles. The van der Waals surface area contributed by atoms with Crippen LogP contribution < -0.4 is 5.32 Å². The van der Waals surface area contributed by atoms with E-state index in [9.17, 15) is 0 Å². The molecular formula is C17H20ClN. The molecule has 0 fully saturated rings. The zero-order chi connectivity index (χ0) is 13.8. The quantitative estimate of drug-likeness (QED) is 0.855. The van der Waals surface area contributed by atoms with E-state index in [1.54, 1.807) is 0 Å². The van der Waals surface area contributed by atoms with Gasteiger partial charge in [-0.1, -0.05) is 60.5 Å². The van der Waals surface area contributed by atoms with Gasteiger partial charge in [-0.15, -0.1) is 0 Å². The Labute approximate surface area is 120 Å². The van der Waals surface area contributed by atoms with Crippen LogP contribution in [0.5, 0.6) is 0 Å². The lowest BCUT2D eigenvalue weighted by Gasteiger charge is -2.20. The molecule has 2 aromatic carbocycles. The van der Waals surface area contributed by atoms with E-state index in [2.05, 4.69) is 55.6 Å². The normalized spacial score (nSPS) is 12.4. The van der Waals surface area contributed by atoms with Gasteiger partial charge in [0.15, 0.2) is 0 Å². The Hall–Kier alpha value is -1.31. The number of benzene rings is 2. The van der Waals surface area contributed by atoms with Crippen LogP contribution in [-0.4, -0.2) is 6.54 Å². The van der Waals surface area contributed by atoms with E-state index in [1.807, 2.05) is 13.0 Å². The summed E-state index contributed by atoms with van der Waals surface area (Å²) in [6.45, 7) is 7.23. The SMILES string of the molecule is CCNC(c1cccc(C)c1)c1ccc(Cl)c(C)c1. The third-order valence-electron chi connectivity index (χ3n) is 3.30. The summed E-state index contributed by atoms with van der Waals surface area (Å²) in [7, 11) is 0. The summed E-state index contributed by atoms with van der Waals surface area (Å²) in [4.78, 5) is 0. The minimum Gasteiger partial charge on any atom is -0.307 e. The van der Waals surface area contributed by atoms with E-state index < -0.39 is 0 Å². The van der Waals surface area contributed by atoms with Crippen molar-refractivity contribution in [1.29, 1.82) is 0 Å². The summed E-state index contributed by atoms with van der Waals surface area (Å²) in [6.07, 6.45) is 0. The van der Waals surface area contributed by atoms with Crippen molar-refractivity contribution in [3.05, 3.63) is 69.7 Å². The van der Waals surface area contributed by atoms with Crippen molar-refractivity contribution in [2.45, 2.75) is 26.8 Å². The number of aryl methyl sites for hydroxylation is 2. The molecule has 2 rings (SSSR count). The second-order valence-corrected chi connectivity index (χ2v) is 5.32. The first-order chi connectivity index (χ1) is 9.11. The van der Waals surface area contributed by atoms with E-state index in [0.717, 1.165) is 17.1 Å². The Bertz CT molecular complexity index is 563. The van der Waals surface area contributed by atoms with Crippen LogP contribution in [-0.2, 0) is 0 Å². The molecule has 0 bridgehead atoms. The molecule has 100 valence electrons. The monoisotopic (exact) mass is 273 g/mol. The molecule has 1 atom stereocenters. The average molecular weight is 274 g/mol. The average Bonchev–Trinajstić information content (AvgIpc) is 2.39. The highest BCUT2D eigenvalue weighted by molar-refractivity contribution is 6.31. The lowest BCUT2D eigenvalue weighted by atomic mass is 9.96. The van der Waals surface area contributed by atoms with Crippen LogP contribution in [0.4, 0.5) is 0 Å². The van der Waals surface area contributed by atoms with Crippen molar-refractivity contribution >= 4 is 11.6 Å². The smallest absolute Gasteiger partial charge is 0.0576 e. The van der Waals surface area contributed by atoms with Gasteiger partial charge in [-0.2, -0.15) is 0 Å². The van der Waals surface area contributed by atoms with E-state index in [0.29, 0.717) is 0 Å². The molecule has 2 heteroatoms. The van der Waals surface area contributed by atoms with Crippen LogP contribution in [0, 0.1) is 13.8 Å². The predicted octanol–water partition coefficient (Wildman–Crippen LogP) is 4.66. The molecule has 0 radical (unpaired) electrons. The number of rotatable bonds is 4. The van der Waals surface area contributed by atoms with E-state index in [4.69, 9.17) is 11.6 Å². The highest BCUT2D eigenvalue weighted by Gasteiger charge is 2.13. The summed E-state index contributed by atoms with van der Waals surface area (Å²) >= 11 is 6.11. The summed E-state index contributed by atoms with van der Waals surface area (Å²) in [5, 5.41) is 4.37. The molecule has 1 unspecified atom stereocenters. The molecule has 19 heavy (non-hydrogen) atoms. The number of nitrogens with one attached hydrogen (secondary N) is 1. The Morgan fingerprint density at radius 2 is 1.79 bits per heavy atom. The summed E-state index contributed by atoms with van der Waals surface area (Å²) in [5.41, 5.74) is 4.96. The van der Waals surface area contributed by atoms with E-state index in [1.165, 1.54) is 16.7 Å². The molecule has 2 aromatic rings. The van der Waals surface area contributed by atoms with Gasteiger partial charge in [0.1, 0.15) is 0 Å². The van der Waals surface area contributed by atoms with Crippen LogP contribution >= 0.6 is 11.6 Å². The molecule has 0 spiro atoms. The van der Waals surface area contributed by atoms with Crippen molar-refractivity contribution in [2.75, 3.05) is 6.54 Å². The number of hydrogen-bond donors (Lipinski definition) is 1. The number of halogens is 1. The fourth-order valence-corrected chi connectivity index (χ4v) is 2.45. The van der Waals surface area contributed by atoms with Gasteiger partial charge < -0.3 is 5.32 Å². The Balaban J connectivity index is 2.42. The second-order valence-electron chi connectivity index (χ2n) is 4.91. The van der Waals surface area contributed by atoms with E-state index in [-0.39, 0.29) is 6.04 Å². The molecular weight excluding hydrogens is 254 g/mol. The molecule has 0 aliphatic carbocycles. The zero-order valence-electron chi connectivity index (χ0n) is 11.7. The Kier molecular flexibility index (Phi) is 4.62. The van der Waals surface area contributed by atoms with Gasteiger partial charge in [0.25, 0.3) is 0 Å². The minimum absolute atomic E-state index is 0.223. The van der Waals surface area contributed by atoms with Gasteiger partial charge in [0.05, 0.1) is 6.04 Å². The first-order valence-electron chi connectivity index (χ1n) is 6.68. The summed E-state index contributed by atoms with van der Waals surface area (Å²) < 4.78 is 0. The topological polar surface area (TPSA) is 12.0 Å². The molecule has 0 saturated heterocycles. The van der Waals surface area contributed by atoms with Gasteiger partial charge in [0.2, 0.25) is 0 Å². The Morgan fingerprint density at radius 3 is 2.42 bits per heavy atom. The molecule has 1 N–H and O–H groups in total. The fraction of sp³-hybridized carbons (Fsp3) is 0.294. The van der Waals surface area contributed by atoms with Crippen molar-refractivity contribution in [2.24, 2.45) is 0 Å². The van der Waals surface area contributed by atoms with Gasteiger partial charge >= 0.3 is 0 Å².